The Morgan fingerprint density at radius 3 is 2.71 bits per heavy atom. The van der Waals surface area contributed by atoms with Gasteiger partial charge in [-0.15, -0.1) is 0 Å². The van der Waals surface area contributed by atoms with Crippen LogP contribution < -0.4 is 5.32 Å². The maximum absolute atomic E-state index is 13.5. The summed E-state index contributed by atoms with van der Waals surface area (Å²) in [5, 5.41) is 21.9. The average Bonchev–Trinajstić information content (AvgIpc) is 2.37. The molecular formula is C12H7ClFN3O4. The predicted octanol–water partition coefficient (Wildman–Crippen LogP) is 2.74. The Labute approximate surface area is 122 Å². The summed E-state index contributed by atoms with van der Waals surface area (Å²) in [6, 6.07) is 5.15. The predicted molar refractivity (Wildman–Crippen MR) is 71.9 cm³/mol. The third-order valence-electron chi connectivity index (χ3n) is 2.47. The molecule has 0 saturated carbocycles. The highest BCUT2D eigenvalue weighted by molar-refractivity contribution is 6.29. The number of amides is 1. The van der Waals surface area contributed by atoms with Gasteiger partial charge in [0.1, 0.15) is 16.7 Å². The molecule has 2 rings (SSSR count). The van der Waals surface area contributed by atoms with E-state index in [1.54, 1.807) is 0 Å². The lowest BCUT2D eigenvalue weighted by Gasteiger charge is -2.06. The van der Waals surface area contributed by atoms with E-state index in [0.717, 1.165) is 24.3 Å². The molecule has 0 spiro atoms. The number of nitro groups is 1. The fraction of sp³-hybridized carbons (Fsp3) is 0. The van der Waals surface area contributed by atoms with Gasteiger partial charge < -0.3 is 10.4 Å². The Balaban J connectivity index is 2.35. The minimum Gasteiger partial charge on any atom is -0.508 e. The molecule has 0 unspecified atom stereocenters. The first-order chi connectivity index (χ1) is 9.88. The van der Waals surface area contributed by atoms with Crippen LogP contribution in [0.2, 0.25) is 5.15 Å². The van der Waals surface area contributed by atoms with Crippen LogP contribution in [0.3, 0.4) is 0 Å². The molecule has 0 radical (unpaired) electrons. The van der Waals surface area contributed by atoms with Crippen LogP contribution in [0.15, 0.2) is 30.3 Å². The minimum absolute atomic E-state index is 0.0675. The monoisotopic (exact) mass is 311 g/mol. The summed E-state index contributed by atoms with van der Waals surface area (Å²) in [5.41, 5.74) is -0.879. The SMILES string of the molecule is O=C(Nc1nc(Cl)ccc1[N+](=O)[O-])c1ccc(O)cc1F. The number of nitrogens with one attached hydrogen (secondary N) is 1. The Bertz CT molecular complexity index is 738. The van der Waals surface area contributed by atoms with Crippen molar-refractivity contribution in [3.8, 4) is 5.75 Å². The van der Waals surface area contributed by atoms with E-state index in [1.165, 1.54) is 6.07 Å². The summed E-state index contributed by atoms with van der Waals surface area (Å²) in [7, 11) is 0. The highest BCUT2D eigenvalue weighted by atomic mass is 35.5. The van der Waals surface area contributed by atoms with E-state index in [2.05, 4.69) is 10.3 Å². The molecular weight excluding hydrogens is 305 g/mol. The number of halogens is 2. The number of aromatic hydroxyl groups is 1. The molecule has 2 N–H and O–H groups in total. The average molecular weight is 312 g/mol. The van der Waals surface area contributed by atoms with Crippen molar-refractivity contribution in [2.75, 3.05) is 5.32 Å². The van der Waals surface area contributed by atoms with Crippen LogP contribution in [-0.4, -0.2) is 20.9 Å². The zero-order valence-corrected chi connectivity index (χ0v) is 11.0. The van der Waals surface area contributed by atoms with Gasteiger partial charge in [0, 0.05) is 12.1 Å². The molecule has 0 fully saturated rings. The number of phenols is 1. The third kappa shape index (κ3) is 3.23. The summed E-state index contributed by atoms with van der Waals surface area (Å²) in [6.45, 7) is 0. The fourth-order valence-electron chi connectivity index (χ4n) is 1.53. The number of rotatable bonds is 3. The summed E-state index contributed by atoms with van der Waals surface area (Å²) in [4.78, 5) is 25.6. The Kier molecular flexibility index (Phi) is 3.99. The molecule has 1 amide bonds. The van der Waals surface area contributed by atoms with Gasteiger partial charge in [0.25, 0.3) is 5.91 Å². The van der Waals surface area contributed by atoms with Crippen LogP contribution in [-0.2, 0) is 0 Å². The quantitative estimate of drug-likeness (QED) is 0.515. The molecule has 108 valence electrons. The molecule has 0 bridgehead atoms. The van der Waals surface area contributed by atoms with Crippen molar-refractivity contribution in [3.05, 3.63) is 57.0 Å². The van der Waals surface area contributed by atoms with E-state index in [0.29, 0.717) is 0 Å². The number of hydrogen-bond acceptors (Lipinski definition) is 5. The number of carbonyl (C=O) groups is 1. The number of nitrogens with zero attached hydrogens (tertiary/aromatic N) is 2. The second-order valence-electron chi connectivity index (χ2n) is 3.88. The van der Waals surface area contributed by atoms with Gasteiger partial charge in [0.2, 0.25) is 5.82 Å². The second-order valence-corrected chi connectivity index (χ2v) is 4.26. The third-order valence-corrected chi connectivity index (χ3v) is 2.68. The lowest BCUT2D eigenvalue weighted by Crippen LogP contribution is -2.15. The Morgan fingerprint density at radius 1 is 1.38 bits per heavy atom. The smallest absolute Gasteiger partial charge is 0.311 e. The van der Waals surface area contributed by atoms with Gasteiger partial charge in [-0.3, -0.25) is 14.9 Å². The molecule has 1 aromatic heterocycles. The standard InChI is InChI=1S/C12H7ClFN3O4/c13-10-4-3-9(17(20)21)11(15-10)16-12(19)7-2-1-6(18)5-8(7)14/h1-5,18H,(H,15,16,19). The zero-order chi connectivity index (χ0) is 15.6. The fourth-order valence-corrected chi connectivity index (χ4v) is 1.68. The number of benzene rings is 1. The summed E-state index contributed by atoms with van der Waals surface area (Å²) >= 11 is 5.61. The van der Waals surface area contributed by atoms with E-state index in [9.17, 15) is 19.3 Å². The number of aromatic nitrogens is 1. The van der Waals surface area contributed by atoms with Gasteiger partial charge in [-0.25, -0.2) is 9.37 Å². The van der Waals surface area contributed by atoms with Gasteiger partial charge in [-0.05, 0) is 18.2 Å². The van der Waals surface area contributed by atoms with E-state index in [4.69, 9.17) is 16.7 Å². The van der Waals surface area contributed by atoms with E-state index in [-0.39, 0.29) is 10.9 Å². The molecule has 0 saturated heterocycles. The number of phenolic OH excluding ortho intramolecular Hbond substituents is 1. The molecule has 7 nitrogen and oxygen atoms in total. The topological polar surface area (TPSA) is 105 Å². The second kappa shape index (κ2) is 5.71. The Hall–Kier alpha value is -2.74. The number of pyridine rings is 1. The van der Waals surface area contributed by atoms with Crippen LogP contribution in [0.25, 0.3) is 0 Å². The lowest BCUT2D eigenvalue weighted by atomic mass is 10.2. The number of anilines is 1. The van der Waals surface area contributed by atoms with Crippen LogP contribution in [0.5, 0.6) is 5.75 Å². The van der Waals surface area contributed by atoms with Crippen LogP contribution in [0.1, 0.15) is 10.4 Å². The molecule has 1 heterocycles. The highest BCUT2D eigenvalue weighted by Gasteiger charge is 2.20. The number of hydrogen-bond donors (Lipinski definition) is 2. The first-order valence-corrected chi connectivity index (χ1v) is 5.87. The van der Waals surface area contributed by atoms with Gasteiger partial charge in [-0.1, -0.05) is 11.6 Å². The first kappa shape index (κ1) is 14.7. The largest absolute Gasteiger partial charge is 0.508 e. The van der Waals surface area contributed by atoms with Gasteiger partial charge >= 0.3 is 5.69 Å². The highest BCUT2D eigenvalue weighted by Crippen LogP contribution is 2.25. The van der Waals surface area contributed by atoms with E-state index < -0.39 is 33.7 Å². The van der Waals surface area contributed by atoms with Crippen LogP contribution >= 0.6 is 11.6 Å². The molecule has 0 atom stereocenters. The van der Waals surface area contributed by atoms with Gasteiger partial charge in [0.05, 0.1) is 10.5 Å². The minimum atomic E-state index is -0.975. The normalized spacial score (nSPS) is 10.2. The van der Waals surface area contributed by atoms with Crippen molar-refractivity contribution in [2.24, 2.45) is 0 Å². The number of carbonyl (C=O) groups excluding carboxylic acids is 1. The Morgan fingerprint density at radius 2 is 2.10 bits per heavy atom. The van der Waals surface area contributed by atoms with Crippen molar-refractivity contribution in [2.45, 2.75) is 0 Å². The van der Waals surface area contributed by atoms with Gasteiger partial charge in [0.15, 0.2) is 0 Å². The molecule has 0 aliphatic heterocycles. The maximum atomic E-state index is 13.5. The summed E-state index contributed by atoms with van der Waals surface area (Å²) in [5.74, 6) is -2.68. The van der Waals surface area contributed by atoms with Crippen molar-refractivity contribution in [1.29, 1.82) is 0 Å². The molecule has 1 aromatic carbocycles. The zero-order valence-electron chi connectivity index (χ0n) is 10.2. The van der Waals surface area contributed by atoms with E-state index >= 15 is 0 Å². The van der Waals surface area contributed by atoms with Crippen molar-refractivity contribution in [1.82, 2.24) is 4.98 Å². The molecule has 0 aliphatic rings. The van der Waals surface area contributed by atoms with Crippen molar-refractivity contribution < 1.29 is 19.2 Å². The molecule has 9 heteroatoms. The van der Waals surface area contributed by atoms with Crippen molar-refractivity contribution >= 4 is 29.0 Å². The molecule has 0 aliphatic carbocycles. The first-order valence-electron chi connectivity index (χ1n) is 5.49. The van der Waals surface area contributed by atoms with Gasteiger partial charge in [-0.2, -0.15) is 0 Å². The maximum Gasteiger partial charge on any atom is 0.311 e. The molecule has 2 aromatic rings. The van der Waals surface area contributed by atoms with Crippen molar-refractivity contribution in [3.63, 3.8) is 0 Å². The summed E-state index contributed by atoms with van der Waals surface area (Å²) in [6.07, 6.45) is 0. The molecule has 21 heavy (non-hydrogen) atoms. The lowest BCUT2D eigenvalue weighted by molar-refractivity contribution is -0.384. The summed E-state index contributed by atoms with van der Waals surface area (Å²) < 4.78 is 13.5. The van der Waals surface area contributed by atoms with Crippen LogP contribution in [0.4, 0.5) is 15.9 Å². The van der Waals surface area contributed by atoms with E-state index in [1.807, 2.05) is 0 Å². The van der Waals surface area contributed by atoms with Crippen LogP contribution in [0, 0.1) is 15.9 Å².